The fraction of sp³-hybridized carbons (Fsp3) is 0. The summed E-state index contributed by atoms with van der Waals surface area (Å²) in [5.74, 6) is -1.14. The van der Waals surface area contributed by atoms with Crippen molar-refractivity contribution in [2.24, 2.45) is 0 Å². The van der Waals surface area contributed by atoms with Crippen molar-refractivity contribution in [3.63, 3.8) is 0 Å². The van der Waals surface area contributed by atoms with Crippen molar-refractivity contribution in [3.05, 3.63) is 107 Å². The first-order chi connectivity index (χ1) is 15.5. The molecular weight excluding hydrogens is 410 g/mol. The van der Waals surface area contributed by atoms with Crippen molar-refractivity contribution in [2.75, 3.05) is 0 Å². The van der Waals surface area contributed by atoms with Gasteiger partial charge in [-0.15, -0.1) is 0 Å². The summed E-state index contributed by atoms with van der Waals surface area (Å²) in [6.45, 7) is 0. The Morgan fingerprint density at radius 3 is 1.38 bits per heavy atom. The van der Waals surface area contributed by atoms with Gasteiger partial charge in [-0.1, -0.05) is 24.3 Å². The van der Waals surface area contributed by atoms with Gasteiger partial charge in [0.05, 0.1) is 11.4 Å². The Morgan fingerprint density at radius 2 is 0.969 bits per heavy atom. The van der Waals surface area contributed by atoms with Crippen LogP contribution in [0.15, 0.2) is 72.8 Å². The van der Waals surface area contributed by atoms with Crippen LogP contribution in [0.5, 0.6) is 0 Å². The van der Waals surface area contributed by atoms with Crippen molar-refractivity contribution in [1.29, 1.82) is 10.5 Å². The Labute approximate surface area is 181 Å². The highest BCUT2D eigenvalue weighted by molar-refractivity contribution is 6.09. The minimum absolute atomic E-state index is 0.139. The summed E-state index contributed by atoms with van der Waals surface area (Å²) in [4.78, 5) is 21.2. The molecule has 1 heterocycles. The smallest absolute Gasteiger partial charge is 0.193 e. The molecule has 0 N–H and O–H groups in total. The lowest BCUT2D eigenvalue weighted by molar-refractivity contribution is 0.103. The van der Waals surface area contributed by atoms with Gasteiger partial charge in [-0.3, -0.25) is 4.79 Å². The molecule has 32 heavy (non-hydrogen) atoms. The van der Waals surface area contributed by atoms with Crippen LogP contribution in [0.25, 0.3) is 22.5 Å². The van der Waals surface area contributed by atoms with Gasteiger partial charge < -0.3 is 0 Å². The molecule has 3 aromatic carbocycles. The summed E-state index contributed by atoms with van der Waals surface area (Å²) in [5.41, 5.74) is 2.13. The lowest BCUT2D eigenvalue weighted by Crippen LogP contribution is -2.03. The molecule has 0 aliphatic heterocycles. The first kappa shape index (κ1) is 20.5. The van der Waals surface area contributed by atoms with Crippen LogP contribution in [-0.4, -0.2) is 15.8 Å². The van der Waals surface area contributed by atoms with Crippen molar-refractivity contribution in [3.8, 4) is 34.7 Å². The van der Waals surface area contributed by atoms with Crippen molar-refractivity contribution < 1.29 is 13.6 Å². The van der Waals surface area contributed by atoms with Crippen molar-refractivity contribution >= 4 is 5.78 Å². The topological polar surface area (TPSA) is 90.4 Å². The van der Waals surface area contributed by atoms with E-state index in [1.54, 1.807) is 24.3 Å². The van der Waals surface area contributed by atoms with Crippen LogP contribution >= 0.6 is 0 Å². The number of benzene rings is 3. The quantitative estimate of drug-likeness (QED) is 0.429. The molecule has 0 amide bonds. The Hall–Kier alpha value is -4.75. The summed E-state index contributed by atoms with van der Waals surface area (Å²) >= 11 is 0. The monoisotopic (exact) mass is 422 g/mol. The van der Waals surface area contributed by atoms with Crippen LogP contribution in [0.4, 0.5) is 8.78 Å². The fourth-order valence-corrected chi connectivity index (χ4v) is 3.15. The third-order valence-corrected chi connectivity index (χ3v) is 4.75. The van der Waals surface area contributed by atoms with E-state index >= 15 is 0 Å². The van der Waals surface area contributed by atoms with E-state index in [1.165, 1.54) is 48.5 Å². The third-order valence-electron chi connectivity index (χ3n) is 4.75. The number of hydrogen-bond acceptors (Lipinski definition) is 5. The highest BCUT2D eigenvalue weighted by Gasteiger charge is 2.18. The number of hydrogen-bond donors (Lipinski definition) is 0. The highest BCUT2D eigenvalue weighted by atomic mass is 19.1. The molecule has 4 aromatic rings. The van der Waals surface area contributed by atoms with Crippen LogP contribution in [0.2, 0.25) is 0 Å². The summed E-state index contributed by atoms with van der Waals surface area (Å²) in [6.07, 6.45) is 0. The van der Waals surface area contributed by atoms with Gasteiger partial charge in [-0.2, -0.15) is 10.5 Å². The average molecular weight is 422 g/mol. The van der Waals surface area contributed by atoms with Gasteiger partial charge in [0.25, 0.3) is 0 Å². The van der Waals surface area contributed by atoms with Crippen LogP contribution in [0.3, 0.4) is 0 Å². The Morgan fingerprint density at radius 1 is 0.625 bits per heavy atom. The third kappa shape index (κ3) is 3.96. The molecule has 4 rings (SSSR count). The SMILES string of the molecule is N#Cc1nc(-c2ccc(F)cc2)c(-c2ccc(C(=O)c3ccc(F)cc3)cc2)nc1C#N. The second kappa shape index (κ2) is 8.55. The Bertz CT molecular complexity index is 1400. The number of aromatic nitrogens is 2. The van der Waals surface area contributed by atoms with Gasteiger partial charge in [0.2, 0.25) is 0 Å². The predicted molar refractivity (Wildman–Crippen MR) is 112 cm³/mol. The summed E-state index contributed by atoms with van der Waals surface area (Å²) in [6, 6.07) is 20.9. The average Bonchev–Trinajstić information content (AvgIpc) is 2.84. The molecule has 7 heteroatoms. The highest BCUT2D eigenvalue weighted by Crippen LogP contribution is 2.30. The Kier molecular flexibility index (Phi) is 5.48. The standard InChI is InChI=1S/C25H12F2N4O/c26-19-9-5-16(6-10-19)24-23(30-21(13-28)22(14-29)31-24)15-1-3-17(4-2-15)25(32)18-7-11-20(27)12-8-18/h1-12H. The lowest BCUT2D eigenvalue weighted by Gasteiger charge is -2.11. The van der Waals surface area contributed by atoms with Gasteiger partial charge in [-0.05, 0) is 48.5 Å². The lowest BCUT2D eigenvalue weighted by atomic mass is 9.99. The van der Waals surface area contributed by atoms with Crippen LogP contribution < -0.4 is 0 Å². The van der Waals surface area contributed by atoms with Crippen LogP contribution in [-0.2, 0) is 0 Å². The molecule has 0 spiro atoms. The molecule has 152 valence electrons. The number of carbonyl (C=O) groups excluding carboxylic acids is 1. The number of ketones is 1. The molecule has 0 unspecified atom stereocenters. The van der Waals surface area contributed by atoms with E-state index in [0.717, 1.165) is 0 Å². The fourth-order valence-electron chi connectivity index (χ4n) is 3.15. The zero-order valence-corrected chi connectivity index (χ0v) is 16.4. The molecule has 0 saturated carbocycles. The molecule has 0 atom stereocenters. The zero-order valence-electron chi connectivity index (χ0n) is 16.4. The maximum absolute atomic E-state index is 13.4. The second-order valence-electron chi connectivity index (χ2n) is 6.76. The molecule has 0 radical (unpaired) electrons. The van der Waals surface area contributed by atoms with E-state index in [9.17, 15) is 24.1 Å². The van der Waals surface area contributed by atoms with E-state index in [-0.39, 0.29) is 17.2 Å². The number of carbonyl (C=O) groups is 1. The molecule has 0 saturated heterocycles. The van der Waals surface area contributed by atoms with E-state index in [0.29, 0.717) is 33.6 Å². The second-order valence-corrected chi connectivity index (χ2v) is 6.76. The Balaban J connectivity index is 1.79. The summed E-state index contributed by atoms with van der Waals surface area (Å²) < 4.78 is 26.5. The van der Waals surface area contributed by atoms with Crippen molar-refractivity contribution in [1.82, 2.24) is 9.97 Å². The molecule has 1 aromatic heterocycles. The minimum Gasteiger partial charge on any atom is -0.289 e. The number of halogens is 2. The number of nitrogens with zero attached hydrogens (tertiary/aromatic N) is 4. The van der Waals surface area contributed by atoms with E-state index < -0.39 is 11.6 Å². The van der Waals surface area contributed by atoms with Gasteiger partial charge in [-0.25, -0.2) is 18.7 Å². The summed E-state index contributed by atoms with van der Waals surface area (Å²) in [5, 5.41) is 18.7. The molecule has 0 fully saturated rings. The number of rotatable bonds is 4. The van der Waals surface area contributed by atoms with E-state index in [4.69, 9.17) is 0 Å². The van der Waals surface area contributed by atoms with Gasteiger partial charge in [0.1, 0.15) is 23.8 Å². The van der Waals surface area contributed by atoms with E-state index in [1.807, 2.05) is 12.1 Å². The van der Waals surface area contributed by atoms with Gasteiger partial charge in [0, 0.05) is 22.3 Å². The normalized spacial score (nSPS) is 10.2. The zero-order chi connectivity index (χ0) is 22.7. The van der Waals surface area contributed by atoms with E-state index in [2.05, 4.69) is 9.97 Å². The van der Waals surface area contributed by atoms with Crippen molar-refractivity contribution in [2.45, 2.75) is 0 Å². The molecule has 5 nitrogen and oxygen atoms in total. The first-order valence-electron chi connectivity index (χ1n) is 9.39. The van der Waals surface area contributed by atoms with Gasteiger partial charge >= 0.3 is 0 Å². The van der Waals surface area contributed by atoms with Crippen LogP contribution in [0.1, 0.15) is 27.3 Å². The molecule has 0 aliphatic rings. The maximum atomic E-state index is 13.4. The van der Waals surface area contributed by atoms with Gasteiger partial charge in [0.15, 0.2) is 17.2 Å². The number of nitriles is 2. The predicted octanol–water partition coefficient (Wildman–Crippen LogP) is 5.06. The molecule has 0 bridgehead atoms. The molecular formula is C25H12F2N4O. The summed E-state index contributed by atoms with van der Waals surface area (Å²) in [7, 11) is 0. The minimum atomic E-state index is -0.432. The largest absolute Gasteiger partial charge is 0.289 e. The molecule has 0 aliphatic carbocycles. The van der Waals surface area contributed by atoms with Crippen LogP contribution in [0, 0.1) is 34.3 Å². The first-order valence-corrected chi connectivity index (χ1v) is 9.39. The maximum Gasteiger partial charge on any atom is 0.193 e.